The van der Waals surface area contributed by atoms with E-state index in [9.17, 15) is 14.4 Å². The fourth-order valence-corrected chi connectivity index (χ4v) is 3.32. The highest BCUT2D eigenvalue weighted by Crippen LogP contribution is 2.19. The molecule has 3 amide bonds. The highest BCUT2D eigenvalue weighted by molar-refractivity contribution is 5.89. The molecule has 0 aromatic heterocycles. The molecule has 146 valence electrons. The number of likely N-dealkylation sites (tertiary alicyclic amines) is 1. The minimum Gasteiger partial charge on any atom is -0.352 e. The third kappa shape index (κ3) is 5.42. The number of amides is 3. The summed E-state index contributed by atoms with van der Waals surface area (Å²) >= 11 is 0. The molecule has 6 heteroatoms. The first-order valence-electron chi connectivity index (χ1n) is 9.47. The quantitative estimate of drug-likeness (QED) is 0.775. The van der Waals surface area contributed by atoms with Crippen LogP contribution in [0, 0.1) is 5.92 Å². The lowest BCUT2D eigenvalue weighted by Crippen LogP contribution is -2.33. The van der Waals surface area contributed by atoms with Crippen LogP contribution in [0.5, 0.6) is 0 Å². The van der Waals surface area contributed by atoms with E-state index in [0.717, 1.165) is 17.7 Å². The summed E-state index contributed by atoms with van der Waals surface area (Å²) in [7, 11) is 0. The van der Waals surface area contributed by atoms with Crippen molar-refractivity contribution in [1.82, 2.24) is 10.2 Å². The number of hydrogen-bond donors (Lipinski definition) is 2. The van der Waals surface area contributed by atoms with Crippen molar-refractivity contribution >= 4 is 23.4 Å². The molecular formula is C22H25N3O3. The van der Waals surface area contributed by atoms with Crippen LogP contribution < -0.4 is 10.6 Å². The molecule has 0 bridgehead atoms. The minimum atomic E-state index is -0.304. The van der Waals surface area contributed by atoms with Gasteiger partial charge in [-0.3, -0.25) is 14.4 Å². The molecule has 3 rings (SSSR count). The van der Waals surface area contributed by atoms with E-state index in [2.05, 4.69) is 10.6 Å². The summed E-state index contributed by atoms with van der Waals surface area (Å²) in [5.41, 5.74) is 2.84. The van der Waals surface area contributed by atoms with E-state index >= 15 is 0 Å². The van der Waals surface area contributed by atoms with E-state index in [0.29, 0.717) is 19.6 Å². The first-order valence-corrected chi connectivity index (χ1v) is 9.47. The van der Waals surface area contributed by atoms with Crippen molar-refractivity contribution in [3.05, 3.63) is 65.7 Å². The summed E-state index contributed by atoms with van der Waals surface area (Å²) < 4.78 is 0. The number of benzene rings is 2. The second kappa shape index (κ2) is 9.17. The zero-order chi connectivity index (χ0) is 19.9. The number of hydrogen-bond acceptors (Lipinski definition) is 3. The van der Waals surface area contributed by atoms with Gasteiger partial charge in [0.25, 0.3) is 0 Å². The van der Waals surface area contributed by atoms with Gasteiger partial charge in [0.05, 0.1) is 5.92 Å². The van der Waals surface area contributed by atoms with Gasteiger partial charge in [-0.2, -0.15) is 0 Å². The van der Waals surface area contributed by atoms with Crippen molar-refractivity contribution in [2.24, 2.45) is 5.92 Å². The molecule has 2 aromatic carbocycles. The monoisotopic (exact) mass is 379 g/mol. The second-order valence-electron chi connectivity index (χ2n) is 7.07. The number of carbonyl (C=O) groups is 3. The van der Waals surface area contributed by atoms with Gasteiger partial charge in [0.2, 0.25) is 17.7 Å². The van der Waals surface area contributed by atoms with Crippen LogP contribution in [0.1, 0.15) is 24.5 Å². The summed E-state index contributed by atoms with van der Waals surface area (Å²) in [6.45, 7) is 2.96. The Kier molecular flexibility index (Phi) is 6.42. The molecule has 1 atom stereocenters. The Morgan fingerprint density at radius 1 is 1.04 bits per heavy atom. The standard InChI is InChI=1S/C22H25N3O3/c1-16(26)24-20-9-7-18(8-10-20)14-23-22(28)19-13-21(27)25(15-19)12-11-17-5-3-2-4-6-17/h2-10,19H,11-15H2,1H3,(H,23,28)(H,24,26)/t19-/m0/s1. The van der Waals surface area contributed by atoms with Crippen LogP contribution in [0.2, 0.25) is 0 Å². The Morgan fingerprint density at radius 3 is 2.43 bits per heavy atom. The fraction of sp³-hybridized carbons (Fsp3) is 0.318. The van der Waals surface area contributed by atoms with E-state index in [4.69, 9.17) is 0 Å². The van der Waals surface area contributed by atoms with Crippen LogP contribution in [0.25, 0.3) is 0 Å². The van der Waals surface area contributed by atoms with Gasteiger partial charge in [-0.15, -0.1) is 0 Å². The average Bonchev–Trinajstić information content (AvgIpc) is 3.07. The molecule has 0 saturated carbocycles. The van der Waals surface area contributed by atoms with Gasteiger partial charge in [0.1, 0.15) is 0 Å². The summed E-state index contributed by atoms with van der Waals surface area (Å²) in [5, 5.41) is 5.62. The van der Waals surface area contributed by atoms with Crippen LogP contribution in [-0.2, 0) is 27.3 Å². The van der Waals surface area contributed by atoms with Crippen LogP contribution in [0.15, 0.2) is 54.6 Å². The third-order valence-corrected chi connectivity index (χ3v) is 4.84. The van der Waals surface area contributed by atoms with Crippen molar-refractivity contribution < 1.29 is 14.4 Å². The molecule has 1 saturated heterocycles. The number of nitrogens with one attached hydrogen (secondary N) is 2. The zero-order valence-corrected chi connectivity index (χ0v) is 16.0. The maximum Gasteiger partial charge on any atom is 0.225 e. The normalized spacial score (nSPS) is 16.1. The van der Waals surface area contributed by atoms with Gasteiger partial charge in [-0.05, 0) is 29.7 Å². The predicted octanol–water partition coefficient (Wildman–Crippen LogP) is 2.35. The molecule has 0 spiro atoms. The number of anilines is 1. The molecule has 1 aliphatic heterocycles. The largest absolute Gasteiger partial charge is 0.352 e. The van der Waals surface area contributed by atoms with E-state index in [1.54, 1.807) is 17.0 Å². The van der Waals surface area contributed by atoms with Crippen molar-refractivity contribution in [2.75, 3.05) is 18.4 Å². The van der Waals surface area contributed by atoms with Crippen LogP contribution in [0.4, 0.5) is 5.69 Å². The highest BCUT2D eigenvalue weighted by atomic mass is 16.2. The molecule has 6 nitrogen and oxygen atoms in total. The first kappa shape index (κ1) is 19.6. The Hall–Kier alpha value is -3.15. The lowest BCUT2D eigenvalue weighted by Gasteiger charge is -2.16. The van der Waals surface area contributed by atoms with E-state index in [1.807, 2.05) is 42.5 Å². The summed E-state index contributed by atoms with van der Waals surface area (Å²) in [5.74, 6) is -0.483. The Balaban J connectivity index is 1.45. The first-order chi connectivity index (χ1) is 13.5. The lowest BCUT2D eigenvalue weighted by atomic mass is 10.1. The van der Waals surface area contributed by atoms with Crippen LogP contribution in [0.3, 0.4) is 0 Å². The summed E-state index contributed by atoms with van der Waals surface area (Å²) in [4.78, 5) is 37.5. The molecule has 28 heavy (non-hydrogen) atoms. The summed E-state index contributed by atoms with van der Waals surface area (Å²) in [6, 6.07) is 17.3. The Bertz CT molecular complexity index is 834. The fourth-order valence-electron chi connectivity index (χ4n) is 3.32. The van der Waals surface area contributed by atoms with Gasteiger partial charge in [-0.25, -0.2) is 0 Å². The van der Waals surface area contributed by atoms with Crippen molar-refractivity contribution in [2.45, 2.75) is 26.3 Å². The van der Waals surface area contributed by atoms with Gasteiger partial charge >= 0.3 is 0 Å². The van der Waals surface area contributed by atoms with Crippen molar-refractivity contribution in [3.8, 4) is 0 Å². The molecule has 1 fully saturated rings. The molecule has 1 heterocycles. The van der Waals surface area contributed by atoms with Gasteiger partial charge in [0, 0.05) is 38.7 Å². The minimum absolute atomic E-state index is 0.0377. The molecule has 1 aliphatic rings. The van der Waals surface area contributed by atoms with Crippen molar-refractivity contribution in [1.29, 1.82) is 0 Å². The topological polar surface area (TPSA) is 78.5 Å². The molecular weight excluding hydrogens is 354 g/mol. The average molecular weight is 379 g/mol. The van der Waals surface area contributed by atoms with Crippen LogP contribution in [-0.4, -0.2) is 35.7 Å². The number of nitrogens with zero attached hydrogens (tertiary/aromatic N) is 1. The smallest absolute Gasteiger partial charge is 0.225 e. The summed E-state index contributed by atoms with van der Waals surface area (Å²) in [6.07, 6.45) is 1.06. The molecule has 0 unspecified atom stereocenters. The maximum atomic E-state index is 12.4. The highest BCUT2D eigenvalue weighted by Gasteiger charge is 2.33. The van der Waals surface area contributed by atoms with E-state index in [-0.39, 0.29) is 30.1 Å². The van der Waals surface area contributed by atoms with Gasteiger partial charge in [-0.1, -0.05) is 42.5 Å². The Morgan fingerprint density at radius 2 is 1.75 bits per heavy atom. The predicted molar refractivity (Wildman–Crippen MR) is 107 cm³/mol. The van der Waals surface area contributed by atoms with Gasteiger partial charge in [0.15, 0.2) is 0 Å². The Labute approximate surface area is 164 Å². The van der Waals surface area contributed by atoms with Gasteiger partial charge < -0.3 is 15.5 Å². The maximum absolute atomic E-state index is 12.4. The molecule has 2 N–H and O–H groups in total. The lowest BCUT2D eigenvalue weighted by molar-refractivity contribution is -0.129. The second-order valence-corrected chi connectivity index (χ2v) is 7.07. The third-order valence-electron chi connectivity index (χ3n) is 4.84. The SMILES string of the molecule is CC(=O)Nc1ccc(CNC(=O)[C@H]2CC(=O)N(CCc3ccccc3)C2)cc1. The molecule has 2 aromatic rings. The number of carbonyl (C=O) groups excluding carboxylic acids is 3. The van der Waals surface area contributed by atoms with E-state index in [1.165, 1.54) is 12.5 Å². The number of rotatable bonds is 7. The van der Waals surface area contributed by atoms with Crippen molar-refractivity contribution in [3.63, 3.8) is 0 Å². The molecule has 0 aliphatic carbocycles. The zero-order valence-electron chi connectivity index (χ0n) is 16.0. The molecule has 0 radical (unpaired) electrons. The van der Waals surface area contributed by atoms with E-state index < -0.39 is 0 Å². The van der Waals surface area contributed by atoms with Crippen LogP contribution >= 0.6 is 0 Å².